The quantitative estimate of drug-likeness (QED) is 0.463. The van der Waals surface area contributed by atoms with Gasteiger partial charge < -0.3 is 14.3 Å². The van der Waals surface area contributed by atoms with Gasteiger partial charge in [0.25, 0.3) is 5.56 Å². The summed E-state index contributed by atoms with van der Waals surface area (Å²) in [6.07, 6.45) is 1.67. The number of aromatic nitrogens is 2. The highest BCUT2D eigenvalue weighted by Gasteiger charge is 2.12. The van der Waals surface area contributed by atoms with Crippen molar-refractivity contribution in [1.82, 2.24) is 9.38 Å². The number of carboxylic acids is 1. The van der Waals surface area contributed by atoms with Crippen LogP contribution in [-0.4, -0.2) is 15.4 Å². The van der Waals surface area contributed by atoms with E-state index in [1.165, 1.54) is 17.4 Å². The van der Waals surface area contributed by atoms with E-state index in [2.05, 4.69) is 4.98 Å². The number of para-hydroxylation sites is 2. The van der Waals surface area contributed by atoms with Crippen molar-refractivity contribution in [3.8, 4) is 11.3 Å². The van der Waals surface area contributed by atoms with E-state index in [-0.39, 0.29) is 11.1 Å². The average Bonchev–Trinajstić information content (AvgIpc) is 3.38. The summed E-state index contributed by atoms with van der Waals surface area (Å²) in [6.45, 7) is 1.71. The van der Waals surface area contributed by atoms with Gasteiger partial charge in [0, 0.05) is 17.2 Å². The number of rotatable bonds is 3. The molecule has 0 atom stereocenters. The molecule has 5 rings (SSSR count). The van der Waals surface area contributed by atoms with Crippen LogP contribution in [0.25, 0.3) is 33.4 Å². The van der Waals surface area contributed by atoms with Gasteiger partial charge in [-0.25, -0.2) is 9.38 Å². The lowest BCUT2D eigenvalue weighted by Gasteiger charge is -2.08. The summed E-state index contributed by atoms with van der Waals surface area (Å²) in [6, 6.07) is 16.0. The fourth-order valence-electron chi connectivity index (χ4n) is 3.32. The molecule has 3 aromatic heterocycles. The maximum Gasteiger partial charge on any atom is 0.275 e. The van der Waals surface area contributed by atoms with Gasteiger partial charge in [0.1, 0.15) is 16.1 Å². The Balaban J connectivity index is 1.59. The van der Waals surface area contributed by atoms with Crippen LogP contribution in [0.15, 0.2) is 63.8 Å². The van der Waals surface area contributed by atoms with Crippen LogP contribution < -0.4 is 15.2 Å². The molecule has 2 aromatic carbocycles. The molecule has 3 heterocycles. The first-order valence-electron chi connectivity index (χ1n) is 8.85. The minimum absolute atomic E-state index is 0.123. The molecule has 29 heavy (non-hydrogen) atoms. The summed E-state index contributed by atoms with van der Waals surface area (Å²) in [5.41, 5.74) is 2.79. The number of furan rings is 1. The minimum Gasteiger partial charge on any atom is -0.545 e. The SMILES string of the molecule is Cc1ccc(-c2ccc(/C=c3\sc4nc5ccccc5n4c3=O)o2)cc1C(=O)[O-]. The second kappa shape index (κ2) is 6.42. The van der Waals surface area contributed by atoms with Crippen LogP contribution >= 0.6 is 11.3 Å². The van der Waals surface area contributed by atoms with E-state index >= 15 is 0 Å². The maximum absolute atomic E-state index is 12.8. The normalized spacial score (nSPS) is 12.2. The molecule has 0 radical (unpaired) electrons. The lowest BCUT2D eigenvalue weighted by atomic mass is 10.0. The molecule has 0 unspecified atom stereocenters. The number of aromatic carboxylic acids is 1. The van der Waals surface area contributed by atoms with Gasteiger partial charge in [-0.2, -0.15) is 0 Å². The van der Waals surface area contributed by atoms with Crippen molar-refractivity contribution in [2.75, 3.05) is 0 Å². The van der Waals surface area contributed by atoms with Crippen LogP contribution in [0.1, 0.15) is 21.7 Å². The van der Waals surface area contributed by atoms with E-state index in [0.29, 0.717) is 32.1 Å². The predicted molar refractivity (Wildman–Crippen MR) is 109 cm³/mol. The molecule has 0 spiro atoms. The highest BCUT2D eigenvalue weighted by Crippen LogP contribution is 2.25. The number of fused-ring (bicyclic) bond motifs is 3. The Bertz CT molecular complexity index is 1520. The molecule has 142 valence electrons. The summed E-state index contributed by atoms with van der Waals surface area (Å²) in [4.78, 5) is 29.2. The van der Waals surface area contributed by atoms with Crippen LogP contribution in [0.3, 0.4) is 0 Å². The zero-order valence-electron chi connectivity index (χ0n) is 15.2. The van der Waals surface area contributed by atoms with E-state index in [1.807, 2.05) is 24.3 Å². The molecule has 6 nitrogen and oxygen atoms in total. The molecule has 7 heteroatoms. The molecule has 0 amide bonds. The topological polar surface area (TPSA) is 87.6 Å². The van der Waals surface area contributed by atoms with Crippen molar-refractivity contribution < 1.29 is 14.3 Å². The average molecular weight is 401 g/mol. The third-order valence-electron chi connectivity index (χ3n) is 4.79. The van der Waals surface area contributed by atoms with Crippen molar-refractivity contribution in [2.45, 2.75) is 6.92 Å². The molecule has 0 fully saturated rings. The van der Waals surface area contributed by atoms with E-state index in [1.54, 1.807) is 41.7 Å². The fraction of sp³-hybridized carbons (Fsp3) is 0.0455. The zero-order chi connectivity index (χ0) is 20.1. The fourth-order valence-corrected chi connectivity index (χ4v) is 4.29. The first-order chi connectivity index (χ1) is 14.0. The van der Waals surface area contributed by atoms with E-state index in [9.17, 15) is 14.7 Å². The number of benzene rings is 2. The Morgan fingerprint density at radius 3 is 2.83 bits per heavy atom. The predicted octanol–water partition coefficient (Wildman–Crippen LogP) is 2.39. The van der Waals surface area contributed by atoms with Crippen molar-refractivity contribution >= 4 is 39.4 Å². The van der Waals surface area contributed by atoms with Gasteiger partial charge in [-0.15, -0.1) is 0 Å². The third-order valence-corrected chi connectivity index (χ3v) is 5.76. The molecule has 0 saturated heterocycles. The van der Waals surface area contributed by atoms with Gasteiger partial charge in [-0.05, 0) is 42.8 Å². The van der Waals surface area contributed by atoms with Gasteiger partial charge in [-0.1, -0.05) is 35.6 Å². The van der Waals surface area contributed by atoms with E-state index in [0.717, 1.165) is 11.0 Å². The monoisotopic (exact) mass is 401 g/mol. The van der Waals surface area contributed by atoms with Crippen LogP contribution in [0.5, 0.6) is 0 Å². The summed E-state index contributed by atoms with van der Waals surface area (Å²) < 4.78 is 7.94. The van der Waals surface area contributed by atoms with Crippen molar-refractivity contribution in [2.24, 2.45) is 0 Å². The molecule has 0 aliphatic carbocycles. The maximum atomic E-state index is 12.8. The molecule has 0 aliphatic rings. The molecule has 5 aromatic rings. The Kier molecular flexibility index (Phi) is 3.85. The summed E-state index contributed by atoms with van der Waals surface area (Å²) >= 11 is 1.30. The number of carbonyl (C=O) groups is 1. The number of aryl methyl sites for hydroxylation is 1. The first-order valence-corrected chi connectivity index (χ1v) is 9.67. The highest BCUT2D eigenvalue weighted by molar-refractivity contribution is 7.15. The molecular weight excluding hydrogens is 388 g/mol. The Morgan fingerprint density at radius 2 is 2.00 bits per heavy atom. The first kappa shape index (κ1) is 17.4. The number of nitrogens with zero attached hydrogens (tertiary/aromatic N) is 2. The van der Waals surface area contributed by atoms with Gasteiger partial charge in [0.2, 0.25) is 0 Å². The van der Waals surface area contributed by atoms with Gasteiger partial charge in [0.15, 0.2) is 4.96 Å². The standard InChI is InChI=1S/C22H14N2O4S/c1-12-6-7-13(10-15(12)21(26)27)18-9-8-14(28-18)11-19-20(25)24-17-5-3-2-4-16(17)23-22(24)29-19/h2-11H,1H3,(H,26,27)/p-1/b19-11-. The number of carboxylic acid groups (broad SMARTS) is 1. The lowest BCUT2D eigenvalue weighted by Crippen LogP contribution is -2.23. The minimum atomic E-state index is -1.23. The van der Waals surface area contributed by atoms with Gasteiger partial charge in [0.05, 0.1) is 17.0 Å². The molecule has 0 N–H and O–H groups in total. The second-order valence-electron chi connectivity index (χ2n) is 6.65. The van der Waals surface area contributed by atoms with E-state index < -0.39 is 5.97 Å². The largest absolute Gasteiger partial charge is 0.545 e. The van der Waals surface area contributed by atoms with Crippen molar-refractivity contribution in [3.63, 3.8) is 0 Å². The van der Waals surface area contributed by atoms with Gasteiger partial charge >= 0.3 is 0 Å². The van der Waals surface area contributed by atoms with Crippen LogP contribution in [0, 0.1) is 6.92 Å². The third kappa shape index (κ3) is 2.83. The number of hydrogen-bond acceptors (Lipinski definition) is 6. The van der Waals surface area contributed by atoms with Crippen LogP contribution in [-0.2, 0) is 0 Å². The molecule has 0 aliphatic heterocycles. The van der Waals surface area contributed by atoms with E-state index in [4.69, 9.17) is 4.42 Å². The molecular formula is C22H13N2O4S-. The van der Waals surface area contributed by atoms with Gasteiger partial charge in [-0.3, -0.25) is 4.79 Å². The Labute approximate surface area is 168 Å². The Hall–Kier alpha value is -3.71. The molecule has 0 bridgehead atoms. The van der Waals surface area contributed by atoms with Crippen LogP contribution in [0.4, 0.5) is 0 Å². The number of thiazole rings is 1. The summed E-state index contributed by atoms with van der Waals surface area (Å²) in [7, 11) is 0. The smallest absolute Gasteiger partial charge is 0.275 e. The van der Waals surface area contributed by atoms with Crippen molar-refractivity contribution in [1.29, 1.82) is 0 Å². The molecule has 0 saturated carbocycles. The van der Waals surface area contributed by atoms with Crippen molar-refractivity contribution in [3.05, 3.63) is 86.4 Å². The zero-order valence-corrected chi connectivity index (χ0v) is 16.0. The highest BCUT2D eigenvalue weighted by atomic mass is 32.1. The number of imidazole rings is 1. The number of carbonyl (C=O) groups excluding carboxylic acids is 1. The second-order valence-corrected chi connectivity index (χ2v) is 7.66. The van der Waals surface area contributed by atoms with Crippen LogP contribution in [0.2, 0.25) is 0 Å². The summed E-state index contributed by atoms with van der Waals surface area (Å²) in [5.74, 6) is -0.215. The summed E-state index contributed by atoms with van der Waals surface area (Å²) in [5, 5.41) is 11.3. The lowest BCUT2D eigenvalue weighted by molar-refractivity contribution is -0.255. The Morgan fingerprint density at radius 1 is 1.17 bits per heavy atom. The number of hydrogen-bond donors (Lipinski definition) is 0.